The topological polar surface area (TPSA) is 26.9 Å². The summed E-state index contributed by atoms with van der Waals surface area (Å²) in [4.78, 5) is 12.8. The van der Waals surface area contributed by atoms with Crippen molar-refractivity contribution in [3.8, 4) is 0 Å². The van der Waals surface area contributed by atoms with E-state index in [0.717, 1.165) is 29.7 Å². The van der Waals surface area contributed by atoms with Gasteiger partial charge in [-0.15, -0.1) is 11.8 Å². The highest BCUT2D eigenvalue weighted by Gasteiger charge is 2.13. The van der Waals surface area contributed by atoms with Gasteiger partial charge in [0.15, 0.2) is 0 Å². The van der Waals surface area contributed by atoms with Gasteiger partial charge in [0.2, 0.25) is 0 Å². The SMILES string of the molecule is CCCCCCCn1c(=O)n(C(C)=CSC)c2ccccc21. The molecule has 0 atom stereocenters. The van der Waals surface area contributed by atoms with Crippen LogP contribution in [0.1, 0.15) is 46.0 Å². The van der Waals surface area contributed by atoms with Gasteiger partial charge in [0, 0.05) is 12.2 Å². The van der Waals surface area contributed by atoms with E-state index in [1.165, 1.54) is 25.7 Å². The van der Waals surface area contributed by atoms with Gasteiger partial charge in [-0.2, -0.15) is 0 Å². The van der Waals surface area contributed by atoms with Crippen LogP contribution in [-0.2, 0) is 6.54 Å². The van der Waals surface area contributed by atoms with Crippen LogP contribution in [0.25, 0.3) is 16.7 Å². The van der Waals surface area contributed by atoms with Crippen LogP contribution in [0.2, 0.25) is 0 Å². The molecule has 0 aliphatic rings. The van der Waals surface area contributed by atoms with E-state index in [-0.39, 0.29) is 5.69 Å². The molecule has 3 nitrogen and oxygen atoms in total. The Bertz CT molecular complexity index is 697. The number of aryl methyl sites for hydroxylation is 1. The zero-order chi connectivity index (χ0) is 15.9. The van der Waals surface area contributed by atoms with Crippen molar-refractivity contribution in [2.45, 2.75) is 52.5 Å². The molecule has 0 saturated heterocycles. The second-order valence-corrected chi connectivity index (χ2v) is 6.37. The number of imidazole rings is 1. The largest absolute Gasteiger partial charge is 0.333 e. The Morgan fingerprint density at radius 1 is 1.14 bits per heavy atom. The predicted octanol–water partition coefficient (Wildman–Crippen LogP) is 4.95. The van der Waals surface area contributed by atoms with E-state index in [0.29, 0.717) is 0 Å². The fourth-order valence-electron chi connectivity index (χ4n) is 2.86. The zero-order valence-electron chi connectivity index (χ0n) is 13.8. The number of hydrogen-bond acceptors (Lipinski definition) is 2. The number of para-hydroxylation sites is 2. The molecule has 0 bridgehead atoms. The smallest absolute Gasteiger partial charge is 0.292 e. The lowest BCUT2D eigenvalue weighted by Gasteiger charge is -2.03. The predicted molar refractivity (Wildman–Crippen MR) is 98.4 cm³/mol. The maximum atomic E-state index is 12.8. The Kier molecular flexibility index (Phi) is 6.37. The molecule has 0 unspecified atom stereocenters. The first-order valence-corrected chi connectivity index (χ1v) is 9.39. The summed E-state index contributed by atoms with van der Waals surface area (Å²) >= 11 is 1.63. The molecule has 0 aliphatic carbocycles. The number of benzene rings is 1. The summed E-state index contributed by atoms with van der Waals surface area (Å²) < 4.78 is 3.76. The summed E-state index contributed by atoms with van der Waals surface area (Å²) in [5.74, 6) is 0. The molecule has 0 spiro atoms. The van der Waals surface area contributed by atoms with E-state index in [1.54, 1.807) is 11.8 Å². The molecule has 0 amide bonds. The normalized spacial score (nSPS) is 12.2. The van der Waals surface area contributed by atoms with Crippen molar-refractivity contribution >= 4 is 28.5 Å². The molecule has 0 aliphatic heterocycles. The van der Waals surface area contributed by atoms with Crippen molar-refractivity contribution in [3.05, 3.63) is 40.2 Å². The lowest BCUT2D eigenvalue weighted by molar-refractivity contribution is 0.565. The number of rotatable bonds is 8. The Morgan fingerprint density at radius 2 is 1.82 bits per heavy atom. The van der Waals surface area contributed by atoms with Gasteiger partial charge in [-0.1, -0.05) is 44.7 Å². The molecule has 1 heterocycles. The first-order chi connectivity index (χ1) is 10.7. The van der Waals surface area contributed by atoms with Gasteiger partial charge in [-0.05, 0) is 37.1 Å². The second-order valence-electron chi connectivity index (χ2n) is 5.67. The third kappa shape index (κ3) is 3.67. The van der Waals surface area contributed by atoms with Gasteiger partial charge in [0.1, 0.15) is 0 Å². The number of thioether (sulfide) groups is 1. The number of allylic oxidation sites excluding steroid dienone is 1. The average Bonchev–Trinajstić information content (AvgIpc) is 2.79. The molecule has 120 valence electrons. The number of nitrogens with zero attached hydrogens (tertiary/aromatic N) is 2. The van der Waals surface area contributed by atoms with Crippen LogP contribution in [0.5, 0.6) is 0 Å². The molecule has 4 heteroatoms. The fraction of sp³-hybridized carbons (Fsp3) is 0.500. The van der Waals surface area contributed by atoms with E-state index >= 15 is 0 Å². The molecule has 1 aromatic heterocycles. The molecular weight excluding hydrogens is 292 g/mol. The fourth-order valence-corrected chi connectivity index (χ4v) is 3.31. The lowest BCUT2D eigenvalue weighted by Crippen LogP contribution is -2.23. The minimum Gasteiger partial charge on any atom is -0.292 e. The molecule has 2 aromatic rings. The zero-order valence-corrected chi connectivity index (χ0v) is 14.7. The third-order valence-corrected chi connectivity index (χ3v) is 4.54. The second kappa shape index (κ2) is 8.28. The minimum atomic E-state index is 0.0829. The first-order valence-electron chi connectivity index (χ1n) is 8.11. The number of hydrogen-bond donors (Lipinski definition) is 0. The van der Waals surface area contributed by atoms with Crippen LogP contribution < -0.4 is 5.69 Å². The standard InChI is InChI=1S/C18H26N2OS/c1-4-5-6-7-10-13-19-16-11-8-9-12-17(16)20(18(19)21)15(2)14-22-3/h8-9,11-12,14H,4-7,10,13H2,1-3H3. The third-order valence-electron chi connectivity index (χ3n) is 3.96. The Labute approximate surface area is 137 Å². The maximum absolute atomic E-state index is 12.8. The average molecular weight is 318 g/mol. The summed E-state index contributed by atoms with van der Waals surface area (Å²) in [6, 6.07) is 8.08. The van der Waals surface area contributed by atoms with Gasteiger partial charge in [0.05, 0.1) is 11.0 Å². The van der Waals surface area contributed by atoms with E-state index in [1.807, 2.05) is 52.0 Å². The van der Waals surface area contributed by atoms with Gasteiger partial charge in [0.25, 0.3) is 0 Å². The summed E-state index contributed by atoms with van der Waals surface area (Å²) in [6.07, 6.45) is 8.07. The molecular formula is C18H26N2OS. The van der Waals surface area contributed by atoms with E-state index < -0.39 is 0 Å². The van der Waals surface area contributed by atoms with Crippen LogP contribution in [0.4, 0.5) is 0 Å². The summed E-state index contributed by atoms with van der Waals surface area (Å²) in [7, 11) is 0. The number of unbranched alkanes of at least 4 members (excludes halogenated alkanes) is 4. The molecule has 0 radical (unpaired) electrons. The number of fused-ring (bicyclic) bond motifs is 1. The van der Waals surface area contributed by atoms with Crippen molar-refractivity contribution < 1.29 is 0 Å². The monoisotopic (exact) mass is 318 g/mol. The highest BCUT2D eigenvalue weighted by atomic mass is 32.2. The van der Waals surface area contributed by atoms with E-state index in [9.17, 15) is 4.79 Å². The highest BCUT2D eigenvalue weighted by Crippen LogP contribution is 2.18. The maximum Gasteiger partial charge on any atom is 0.333 e. The quantitative estimate of drug-likeness (QED) is 0.644. The van der Waals surface area contributed by atoms with Crippen LogP contribution in [-0.4, -0.2) is 15.4 Å². The van der Waals surface area contributed by atoms with E-state index in [2.05, 4.69) is 6.92 Å². The summed E-state index contributed by atoms with van der Waals surface area (Å²) in [5, 5.41) is 2.03. The lowest BCUT2D eigenvalue weighted by atomic mass is 10.1. The van der Waals surface area contributed by atoms with Crippen molar-refractivity contribution in [3.63, 3.8) is 0 Å². The molecule has 1 aromatic carbocycles. The molecule has 0 N–H and O–H groups in total. The van der Waals surface area contributed by atoms with Gasteiger partial charge >= 0.3 is 5.69 Å². The number of aromatic nitrogens is 2. The van der Waals surface area contributed by atoms with Gasteiger partial charge in [-0.3, -0.25) is 9.13 Å². The van der Waals surface area contributed by atoms with Crippen molar-refractivity contribution in [2.24, 2.45) is 0 Å². The molecule has 0 fully saturated rings. The summed E-state index contributed by atoms with van der Waals surface area (Å²) in [6.45, 7) is 5.03. The van der Waals surface area contributed by atoms with Crippen molar-refractivity contribution in [1.82, 2.24) is 9.13 Å². The first kappa shape index (κ1) is 16.9. The van der Waals surface area contributed by atoms with Crippen LogP contribution in [0.3, 0.4) is 0 Å². The summed E-state index contributed by atoms with van der Waals surface area (Å²) in [5.41, 5.74) is 3.11. The molecule has 0 saturated carbocycles. The molecule has 2 rings (SSSR count). The van der Waals surface area contributed by atoms with Crippen molar-refractivity contribution in [2.75, 3.05) is 6.26 Å². The van der Waals surface area contributed by atoms with Crippen molar-refractivity contribution in [1.29, 1.82) is 0 Å². The Hall–Kier alpha value is -1.42. The van der Waals surface area contributed by atoms with Crippen LogP contribution in [0, 0.1) is 0 Å². The van der Waals surface area contributed by atoms with Crippen LogP contribution >= 0.6 is 11.8 Å². The Balaban J connectivity index is 2.32. The highest BCUT2D eigenvalue weighted by molar-refractivity contribution is 8.01. The van der Waals surface area contributed by atoms with Gasteiger partial charge < -0.3 is 0 Å². The Morgan fingerprint density at radius 3 is 2.50 bits per heavy atom. The minimum absolute atomic E-state index is 0.0829. The van der Waals surface area contributed by atoms with E-state index in [4.69, 9.17) is 0 Å². The van der Waals surface area contributed by atoms with Crippen LogP contribution in [0.15, 0.2) is 34.5 Å². The molecule has 22 heavy (non-hydrogen) atoms. The van der Waals surface area contributed by atoms with Gasteiger partial charge in [-0.25, -0.2) is 4.79 Å².